The summed E-state index contributed by atoms with van der Waals surface area (Å²) < 4.78 is 14.2. The number of hydrogen-bond acceptors (Lipinski definition) is 4. The fraction of sp³-hybridized carbons (Fsp3) is 0.136. The lowest BCUT2D eigenvalue weighted by Gasteiger charge is -2.20. The second kappa shape index (κ2) is 7.86. The van der Waals surface area contributed by atoms with Crippen molar-refractivity contribution in [2.45, 2.75) is 19.9 Å². The highest BCUT2D eigenvalue weighted by Crippen LogP contribution is 2.31. The third kappa shape index (κ3) is 4.07. The van der Waals surface area contributed by atoms with Gasteiger partial charge < -0.3 is 0 Å². The standard InChI is InChI=1S/C22H18FN3OS/c1-15-4-9-19-20(11-15)28-22(25-19)26(14-17-3-2-10-24-13-17)21(27)12-16-5-7-18(23)8-6-16/h2-11,13H,12,14H2,1H3. The van der Waals surface area contributed by atoms with Crippen molar-refractivity contribution in [1.82, 2.24) is 9.97 Å². The van der Waals surface area contributed by atoms with Gasteiger partial charge in [-0.1, -0.05) is 35.6 Å². The summed E-state index contributed by atoms with van der Waals surface area (Å²) in [6, 6.07) is 15.8. The van der Waals surface area contributed by atoms with E-state index in [2.05, 4.69) is 16.0 Å². The molecule has 0 bridgehead atoms. The van der Waals surface area contributed by atoms with Crippen molar-refractivity contribution in [2.75, 3.05) is 4.90 Å². The SMILES string of the molecule is Cc1ccc2nc(N(Cc3cccnc3)C(=O)Cc3ccc(F)cc3)sc2c1. The molecule has 0 atom stereocenters. The van der Waals surface area contributed by atoms with Gasteiger partial charge in [-0.15, -0.1) is 0 Å². The number of aromatic nitrogens is 2. The molecule has 2 heterocycles. The molecule has 6 heteroatoms. The van der Waals surface area contributed by atoms with E-state index in [1.807, 2.05) is 31.2 Å². The number of nitrogens with zero attached hydrogens (tertiary/aromatic N) is 3. The van der Waals surface area contributed by atoms with E-state index in [1.165, 1.54) is 23.5 Å². The Hall–Kier alpha value is -3.12. The summed E-state index contributed by atoms with van der Waals surface area (Å²) in [7, 11) is 0. The van der Waals surface area contributed by atoms with Crippen LogP contribution in [0.25, 0.3) is 10.2 Å². The zero-order valence-corrected chi connectivity index (χ0v) is 16.1. The van der Waals surface area contributed by atoms with Crippen LogP contribution in [0.3, 0.4) is 0 Å². The van der Waals surface area contributed by atoms with Crippen molar-refractivity contribution in [2.24, 2.45) is 0 Å². The Morgan fingerprint density at radius 1 is 1.11 bits per heavy atom. The summed E-state index contributed by atoms with van der Waals surface area (Å²) in [4.78, 5) is 23.6. The van der Waals surface area contributed by atoms with Gasteiger partial charge in [-0.2, -0.15) is 0 Å². The minimum absolute atomic E-state index is 0.0914. The molecule has 0 radical (unpaired) electrons. The number of carbonyl (C=O) groups excluding carboxylic acids is 1. The van der Waals surface area contributed by atoms with E-state index < -0.39 is 0 Å². The summed E-state index contributed by atoms with van der Waals surface area (Å²) >= 11 is 1.49. The Morgan fingerprint density at radius 2 is 1.93 bits per heavy atom. The minimum Gasteiger partial charge on any atom is -0.283 e. The maximum atomic E-state index is 13.2. The molecule has 0 fully saturated rings. The van der Waals surface area contributed by atoms with Gasteiger partial charge in [0.1, 0.15) is 5.82 Å². The van der Waals surface area contributed by atoms with E-state index in [4.69, 9.17) is 0 Å². The predicted molar refractivity (Wildman–Crippen MR) is 110 cm³/mol. The maximum absolute atomic E-state index is 13.2. The molecule has 0 unspecified atom stereocenters. The summed E-state index contributed by atoms with van der Waals surface area (Å²) in [6.07, 6.45) is 3.62. The Labute approximate surface area is 166 Å². The average molecular weight is 391 g/mol. The number of anilines is 1. The summed E-state index contributed by atoms with van der Waals surface area (Å²) in [5, 5.41) is 0.650. The summed E-state index contributed by atoms with van der Waals surface area (Å²) in [5.74, 6) is -0.406. The summed E-state index contributed by atoms with van der Waals surface area (Å²) in [5.41, 5.74) is 3.71. The fourth-order valence-electron chi connectivity index (χ4n) is 2.94. The molecule has 0 saturated heterocycles. The molecular weight excluding hydrogens is 373 g/mol. The first-order valence-corrected chi connectivity index (χ1v) is 9.71. The highest BCUT2D eigenvalue weighted by molar-refractivity contribution is 7.22. The van der Waals surface area contributed by atoms with Gasteiger partial charge in [-0.25, -0.2) is 9.37 Å². The first-order chi connectivity index (χ1) is 13.6. The Bertz CT molecular complexity index is 1110. The van der Waals surface area contributed by atoms with Crippen LogP contribution >= 0.6 is 11.3 Å². The van der Waals surface area contributed by atoms with E-state index >= 15 is 0 Å². The molecule has 2 aromatic carbocycles. The monoisotopic (exact) mass is 391 g/mol. The molecule has 0 aliphatic carbocycles. The van der Waals surface area contributed by atoms with Crippen LogP contribution in [0.2, 0.25) is 0 Å². The van der Waals surface area contributed by atoms with Crippen molar-refractivity contribution >= 4 is 32.6 Å². The lowest BCUT2D eigenvalue weighted by Crippen LogP contribution is -2.31. The van der Waals surface area contributed by atoms with Crippen LogP contribution in [0.1, 0.15) is 16.7 Å². The first-order valence-electron chi connectivity index (χ1n) is 8.89. The van der Waals surface area contributed by atoms with Crippen LogP contribution in [0, 0.1) is 12.7 Å². The molecule has 0 saturated carbocycles. The number of halogens is 1. The second-order valence-corrected chi connectivity index (χ2v) is 7.62. The molecule has 4 aromatic rings. The van der Waals surface area contributed by atoms with Gasteiger partial charge in [-0.3, -0.25) is 14.7 Å². The Morgan fingerprint density at radius 3 is 2.68 bits per heavy atom. The van der Waals surface area contributed by atoms with Crippen molar-refractivity contribution in [1.29, 1.82) is 0 Å². The van der Waals surface area contributed by atoms with E-state index in [1.54, 1.807) is 29.4 Å². The lowest BCUT2D eigenvalue weighted by molar-refractivity contribution is -0.118. The van der Waals surface area contributed by atoms with Crippen molar-refractivity contribution in [3.8, 4) is 0 Å². The number of hydrogen-bond donors (Lipinski definition) is 0. The smallest absolute Gasteiger partial charge is 0.233 e. The number of thiazole rings is 1. The van der Waals surface area contributed by atoms with Gasteiger partial charge in [0.25, 0.3) is 0 Å². The molecular formula is C22H18FN3OS. The molecule has 2 aromatic heterocycles. The molecule has 0 aliphatic rings. The highest BCUT2D eigenvalue weighted by atomic mass is 32.1. The molecule has 1 amide bonds. The van der Waals surface area contributed by atoms with Gasteiger partial charge in [0.2, 0.25) is 5.91 Å². The largest absolute Gasteiger partial charge is 0.283 e. The van der Waals surface area contributed by atoms with E-state index in [9.17, 15) is 9.18 Å². The lowest BCUT2D eigenvalue weighted by atomic mass is 10.1. The average Bonchev–Trinajstić information content (AvgIpc) is 3.11. The number of benzene rings is 2. The predicted octanol–water partition coefficient (Wildman–Crippen LogP) is 4.91. The van der Waals surface area contributed by atoms with Crippen LogP contribution in [-0.4, -0.2) is 15.9 Å². The summed E-state index contributed by atoms with van der Waals surface area (Å²) in [6.45, 7) is 2.42. The number of carbonyl (C=O) groups is 1. The van der Waals surface area contributed by atoms with Crippen LogP contribution < -0.4 is 4.90 Å². The molecule has 28 heavy (non-hydrogen) atoms. The van der Waals surface area contributed by atoms with E-state index in [0.29, 0.717) is 11.7 Å². The van der Waals surface area contributed by atoms with Crippen molar-refractivity contribution < 1.29 is 9.18 Å². The molecule has 4 nitrogen and oxygen atoms in total. The Balaban J connectivity index is 1.67. The van der Waals surface area contributed by atoms with Gasteiger partial charge in [0, 0.05) is 12.4 Å². The number of fused-ring (bicyclic) bond motifs is 1. The van der Waals surface area contributed by atoms with Crippen LogP contribution in [0.15, 0.2) is 67.0 Å². The zero-order chi connectivity index (χ0) is 19.5. The molecule has 140 valence electrons. The molecule has 0 spiro atoms. The third-order valence-electron chi connectivity index (χ3n) is 4.40. The van der Waals surface area contributed by atoms with Gasteiger partial charge in [0.05, 0.1) is 23.2 Å². The van der Waals surface area contributed by atoms with Gasteiger partial charge in [0.15, 0.2) is 5.13 Å². The minimum atomic E-state index is -0.315. The van der Waals surface area contributed by atoms with Crippen LogP contribution in [0.5, 0.6) is 0 Å². The second-order valence-electron chi connectivity index (χ2n) is 6.61. The van der Waals surface area contributed by atoms with E-state index in [-0.39, 0.29) is 18.1 Å². The van der Waals surface area contributed by atoms with Crippen LogP contribution in [-0.2, 0) is 17.8 Å². The zero-order valence-electron chi connectivity index (χ0n) is 15.3. The van der Waals surface area contributed by atoms with Crippen LogP contribution in [0.4, 0.5) is 9.52 Å². The number of pyridine rings is 1. The number of aryl methyl sites for hydroxylation is 1. The third-order valence-corrected chi connectivity index (χ3v) is 5.44. The number of amides is 1. The van der Waals surface area contributed by atoms with E-state index in [0.717, 1.165) is 26.9 Å². The van der Waals surface area contributed by atoms with Crippen molar-refractivity contribution in [3.05, 3.63) is 89.5 Å². The van der Waals surface area contributed by atoms with Crippen molar-refractivity contribution in [3.63, 3.8) is 0 Å². The molecule has 0 aliphatic heterocycles. The normalized spacial score (nSPS) is 10.9. The highest BCUT2D eigenvalue weighted by Gasteiger charge is 2.21. The quantitative estimate of drug-likeness (QED) is 0.485. The maximum Gasteiger partial charge on any atom is 0.233 e. The number of rotatable bonds is 5. The molecule has 0 N–H and O–H groups in total. The topological polar surface area (TPSA) is 46.1 Å². The van der Waals surface area contributed by atoms with Gasteiger partial charge >= 0.3 is 0 Å². The fourth-order valence-corrected chi connectivity index (χ4v) is 4.02. The molecule has 4 rings (SSSR count). The Kier molecular flexibility index (Phi) is 5.12. The first kappa shape index (κ1) is 18.3. The van der Waals surface area contributed by atoms with Gasteiger partial charge in [-0.05, 0) is 53.9 Å².